The fraction of sp³-hybridized carbons (Fsp3) is 1.00. The Balaban J connectivity index is 1.92. The molecule has 0 heterocycles. The zero-order valence-corrected chi connectivity index (χ0v) is 12.1. The molecule has 100 valence electrons. The molecule has 2 saturated carbocycles. The molecule has 0 aromatic heterocycles. The van der Waals surface area contributed by atoms with Crippen LogP contribution in [0.3, 0.4) is 0 Å². The van der Waals surface area contributed by atoms with E-state index in [0.717, 1.165) is 12.0 Å². The molecule has 0 bridgehead atoms. The van der Waals surface area contributed by atoms with E-state index in [0.29, 0.717) is 11.5 Å². The van der Waals surface area contributed by atoms with Crippen LogP contribution in [0.15, 0.2) is 0 Å². The number of rotatable bonds is 4. The van der Waals surface area contributed by atoms with Gasteiger partial charge >= 0.3 is 0 Å². The molecule has 2 fully saturated rings. The van der Waals surface area contributed by atoms with Crippen molar-refractivity contribution in [3.63, 3.8) is 0 Å². The minimum atomic E-state index is 0.462. The van der Waals surface area contributed by atoms with E-state index >= 15 is 0 Å². The van der Waals surface area contributed by atoms with Gasteiger partial charge in [-0.15, -0.1) is 0 Å². The van der Waals surface area contributed by atoms with Crippen LogP contribution in [-0.2, 0) is 0 Å². The third-order valence-corrected chi connectivity index (χ3v) is 5.21. The Bertz CT molecular complexity index is 243. The normalized spacial score (nSPS) is 33.7. The van der Waals surface area contributed by atoms with Crippen LogP contribution in [0.2, 0.25) is 0 Å². The minimum absolute atomic E-state index is 0.462. The average molecular weight is 238 g/mol. The van der Waals surface area contributed by atoms with Crippen molar-refractivity contribution in [1.29, 1.82) is 0 Å². The molecule has 0 radical (unpaired) electrons. The lowest BCUT2D eigenvalue weighted by atomic mass is 9.86. The van der Waals surface area contributed by atoms with Gasteiger partial charge in [-0.2, -0.15) is 0 Å². The molecule has 0 aromatic rings. The van der Waals surface area contributed by atoms with E-state index in [1.165, 1.54) is 45.1 Å². The molecule has 2 atom stereocenters. The van der Waals surface area contributed by atoms with Crippen molar-refractivity contribution < 1.29 is 0 Å². The van der Waals surface area contributed by atoms with E-state index in [9.17, 15) is 0 Å². The highest BCUT2D eigenvalue weighted by Crippen LogP contribution is 2.40. The van der Waals surface area contributed by atoms with E-state index in [1.807, 2.05) is 0 Å². The Labute approximate surface area is 107 Å². The second kappa shape index (κ2) is 5.27. The zero-order chi connectivity index (χ0) is 12.5. The van der Waals surface area contributed by atoms with Crippen LogP contribution in [0, 0.1) is 11.3 Å². The maximum Gasteiger partial charge on any atom is 0.0271 e. The van der Waals surface area contributed by atoms with Crippen molar-refractivity contribution in [3.05, 3.63) is 0 Å². The Hall–Kier alpha value is -0.0800. The standard InChI is InChI=1S/C15H30N2/c1-15(2)10-9-13(14(15)16-3)17(4)11-12-7-5-6-8-12/h12-14,16H,5-11H2,1-4H3. The number of nitrogens with zero attached hydrogens (tertiary/aromatic N) is 1. The van der Waals surface area contributed by atoms with Gasteiger partial charge in [0.1, 0.15) is 0 Å². The Kier molecular flexibility index (Phi) is 4.14. The molecule has 0 aliphatic heterocycles. The topological polar surface area (TPSA) is 15.3 Å². The van der Waals surface area contributed by atoms with Crippen molar-refractivity contribution >= 4 is 0 Å². The zero-order valence-electron chi connectivity index (χ0n) is 12.1. The van der Waals surface area contributed by atoms with Gasteiger partial charge in [0.25, 0.3) is 0 Å². The van der Waals surface area contributed by atoms with Gasteiger partial charge in [-0.25, -0.2) is 0 Å². The van der Waals surface area contributed by atoms with Gasteiger partial charge in [0.15, 0.2) is 0 Å². The summed E-state index contributed by atoms with van der Waals surface area (Å²) in [6.07, 6.45) is 8.57. The van der Waals surface area contributed by atoms with Gasteiger partial charge in [0.05, 0.1) is 0 Å². The van der Waals surface area contributed by atoms with E-state index in [-0.39, 0.29) is 0 Å². The minimum Gasteiger partial charge on any atom is -0.315 e. The lowest BCUT2D eigenvalue weighted by Gasteiger charge is -2.36. The molecule has 0 spiro atoms. The summed E-state index contributed by atoms with van der Waals surface area (Å²) in [5.74, 6) is 0.973. The predicted molar refractivity (Wildman–Crippen MR) is 74.2 cm³/mol. The predicted octanol–water partition coefficient (Wildman–Crippen LogP) is 2.89. The highest BCUT2D eigenvalue weighted by molar-refractivity contribution is 5.00. The lowest BCUT2D eigenvalue weighted by molar-refractivity contribution is 0.158. The summed E-state index contributed by atoms with van der Waals surface area (Å²) in [5, 5.41) is 3.57. The van der Waals surface area contributed by atoms with Crippen LogP contribution < -0.4 is 5.32 Å². The van der Waals surface area contributed by atoms with Crippen LogP contribution in [0.5, 0.6) is 0 Å². The summed E-state index contributed by atoms with van der Waals surface area (Å²) in [4.78, 5) is 2.64. The van der Waals surface area contributed by atoms with Gasteiger partial charge in [-0.05, 0) is 51.1 Å². The third kappa shape index (κ3) is 2.85. The molecule has 2 rings (SSSR count). The summed E-state index contributed by atoms with van der Waals surface area (Å²) in [6.45, 7) is 6.15. The molecule has 2 unspecified atom stereocenters. The molecule has 17 heavy (non-hydrogen) atoms. The van der Waals surface area contributed by atoms with Gasteiger partial charge in [0.2, 0.25) is 0 Å². The van der Waals surface area contributed by atoms with Crippen LogP contribution in [0.1, 0.15) is 52.4 Å². The second-order valence-corrected chi connectivity index (χ2v) is 6.95. The molecular formula is C15H30N2. The van der Waals surface area contributed by atoms with Gasteiger partial charge in [0, 0.05) is 18.6 Å². The SMILES string of the molecule is CNC1C(N(C)CC2CCCC2)CCC1(C)C. The molecule has 2 nitrogen and oxygen atoms in total. The van der Waals surface area contributed by atoms with Crippen LogP contribution >= 0.6 is 0 Å². The molecule has 2 aliphatic rings. The van der Waals surface area contributed by atoms with E-state index in [1.54, 1.807) is 0 Å². The Morgan fingerprint density at radius 2 is 1.82 bits per heavy atom. The largest absolute Gasteiger partial charge is 0.315 e. The summed E-state index contributed by atoms with van der Waals surface area (Å²) in [7, 11) is 4.48. The molecule has 0 amide bonds. The number of nitrogens with one attached hydrogen (secondary N) is 1. The van der Waals surface area contributed by atoms with E-state index < -0.39 is 0 Å². The van der Waals surface area contributed by atoms with Gasteiger partial charge in [-0.1, -0.05) is 26.7 Å². The van der Waals surface area contributed by atoms with E-state index in [4.69, 9.17) is 0 Å². The molecule has 0 saturated heterocycles. The van der Waals surface area contributed by atoms with Crippen molar-refractivity contribution in [2.75, 3.05) is 20.6 Å². The second-order valence-electron chi connectivity index (χ2n) is 6.95. The summed E-state index contributed by atoms with van der Waals surface area (Å²) in [5.41, 5.74) is 0.462. The fourth-order valence-electron chi connectivity index (χ4n) is 4.16. The van der Waals surface area contributed by atoms with Gasteiger partial charge < -0.3 is 10.2 Å². The first-order valence-corrected chi connectivity index (χ1v) is 7.42. The number of likely N-dealkylation sites (N-methyl/N-ethyl adjacent to an activating group) is 2. The Morgan fingerprint density at radius 3 is 2.41 bits per heavy atom. The number of hydrogen-bond donors (Lipinski definition) is 1. The maximum atomic E-state index is 3.57. The van der Waals surface area contributed by atoms with Crippen molar-refractivity contribution in [2.24, 2.45) is 11.3 Å². The Morgan fingerprint density at radius 1 is 1.18 bits per heavy atom. The molecule has 0 aromatic carbocycles. The van der Waals surface area contributed by atoms with Crippen LogP contribution in [0.25, 0.3) is 0 Å². The first-order valence-electron chi connectivity index (χ1n) is 7.42. The lowest BCUT2D eigenvalue weighted by Crippen LogP contribution is -2.50. The molecule has 2 heteroatoms. The maximum absolute atomic E-state index is 3.57. The summed E-state index contributed by atoms with van der Waals surface area (Å²) in [6, 6.07) is 1.41. The molecule has 2 aliphatic carbocycles. The van der Waals surface area contributed by atoms with Crippen LogP contribution in [0.4, 0.5) is 0 Å². The first-order chi connectivity index (χ1) is 8.04. The van der Waals surface area contributed by atoms with Crippen LogP contribution in [-0.4, -0.2) is 37.6 Å². The highest BCUT2D eigenvalue weighted by Gasteiger charge is 2.42. The smallest absolute Gasteiger partial charge is 0.0271 e. The first kappa shape index (κ1) is 13.4. The van der Waals surface area contributed by atoms with Gasteiger partial charge in [-0.3, -0.25) is 0 Å². The molecular weight excluding hydrogens is 208 g/mol. The third-order valence-electron chi connectivity index (χ3n) is 5.21. The highest BCUT2D eigenvalue weighted by atomic mass is 15.2. The van der Waals surface area contributed by atoms with Crippen molar-refractivity contribution in [1.82, 2.24) is 10.2 Å². The number of hydrogen-bond acceptors (Lipinski definition) is 2. The van der Waals surface area contributed by atoms with Crippen molar-refractivity contribution in [2.45, 2.75) is 64.5 Å². The molecule has 1 N–H and O–H groups in total. The van der Waals surface area contributed by atoms with Crippen molar-refractivity contribution in [3.8, 4) is 0 Å². The quantitative estimate of drug-likeness (QED) is 0.810. The fourth-order valence-corrected chi connectivity index (χ4v) is 4.16. The summed E-state index contributed by atoms with van der Waals surface area (Å²) < 4.78 is 0. The monoisotopic (exact) mass is 238 g/mol. The average Bonchev–Trinajstić information content (AvgIpc) is 2.85. The van der Waals surface area contributed by atoms with E-state index in [2.05, 4.69) is 38.2 Å². The summed E-state index contributed by atoms with van der Waals surface area (Å²) >= 11 is 0.